The molecule has 0 heterocycles. The van der Waals surface area contributed by atoms with Crippen molar-refractivity contribution in [2.45, 2.75) is 12.8 Å². The summed E-state index contributed by atoms with van der Waals surface area (Å²) in [5.74, 6) is 8.21. The molecule has 4 rings (SSSR count). The molecule has 0 N–H and O–H groups in total. The summed E-state index contributed by atoms with van der Waals surface area (Å²) < 4.78 is 60.9. The Morgan fingerprint density at radius 3 is 1.91 bits per heavy atom. The largest absolute Gasteiger partial charge is 0.385 e. The molecule has 0 fully saturated rings. The molecule has 0 radical (unpaired) electrons. The standard InChI is InChI=1S/C30H20F4O/c1-35-16-2-3-23-18-28(32)26(29(33)19-23)14-10-21-6-4-20(5-7-21)8-9-22-11-13-25-24(17-22)12-15-27(31)30(25)34/h4-7,11-13,15,17-19H,2-3,16H2,1H3. The van der Waals surface area contributed by atoms with Crippen molar-refractivity contribution in [2.24, 2.45) is 0 Å². The van der Waals surface area contributed by atoms with Crippen LogP contribution in [0, 0.1) is 47.0 Å². The van der Waals surface area contributed by atoms with Gasteiger partial charge in [0, 0.05) is 35.8 Å². The van der Waals surface area contributed by atoms with E-state index in [2.05, 4.69) is 23.7 Å². The van der Waals surface area contributed by atoms with Crippen LogP contribution in [0.5, 0.6) is 0 Å². The lowest BCUT2D eigenvalue weighted by Crippen LogP contribution is -1.97. The van der Waals surface area contributed by atoms with Crippen molar-refractivity contribution in [2.75, 3.05) is 13.7 Å². The molecule has 0 aliphatic rings. The van der Waals surface area contributed by atoms with E-state index in [0.717, 1.165) is 6.07 Å². The first-order chi connectivity index (χ1) is 16.9. The molecule has 0 bridgehead atoms. The zero-order valence-electron chi connectivity index (χ0n) is 18.9. The summed E-state index contributed by atoms with van der Waals surface area (Å²) in [6.07, 6.45) is 1.20. The van der Waals surface area contributed by atoms with Gasteiger partial charge in [-0.1, -0.05) is 35.8 Å². The lowest BCUT2D eigenvalue weighted by Gasteiger charge is -2.04. The second-order valence-electron chi connectivity index (χ2n) is 7.91. The lowest BCUT2D eigenvalue weighted by atomic mass is 10.1. The SMILES string of the molecule is COCCCc1cc(F)c(C#Cc2ccc(C#Cc3ccc4c(F)c(F)ccc4c3)cc2)c(F)c1. The number of ether oxygens (including phenoxy) is 1. The third-order valence-electron chi connectivity index (χ3n) is 5.39. The summed E-state index contributed by atoms with van der Waals surface area (Å²) in [5.41, 5.74) is 2.25. The number of hydrogen-bond donors (Lipinski definition) is 0. The van der Waals surface area contributed by atoms with Gasteiger partial charge in [0.15, 0.2) is 11.6 Å². The van der Waals surface area contributed by atoms with Crippen LogP contribution in [0.25, 0.3) is 10.8 Å². The van der Waals surface area contributed by atoms with Crippen LogP contribution in [-0.2, 0) is 11.2 Å². The molecule has 1 nitrogen and oxygen atoms in total. The first-order valence-electron chi connectivity index (χ1n) is 10.9. The summed E-state index contributed by atoms with van der Waals surface area (Å²) in [6, 6.07) is 16.9. The van der Waals surface area contributed by atoms with E-state index in [4.69, 9.17) is 4.74 Å². The highest BCUT2D eigenvalue weighted by Crippen LogP contribution is 2.21. The minimum absolute atomic E-state index is 0.201. The lowest BCUT2D eigenvalue weighted by molar-refractivity contribution is 0.195. The van der Waals surface area contributed by atoms with Gasteiger partial charge in [-0.15, -0.1) is 0 Å². The van der Waals surface area contributed by atoms with Gasteiger partial charge in [0.05, 0.1) is 5.56 Å². The molecule has 0 unspecified atom stereocenters. The number of fused-ring (bicyclic) bond motifs is 1. The topological polar surface area (TPSA) is 9.23 Å². The highest BCUT2D eigenvalue weighted by Gasteiger charge is 2.09. The summed E-state index contributed by atoms with van der Waals surface area (Å²) in [7, 11) is 1.58. The molecule has 174 valence electrons. The summed E-state index contributed by atoms with van der Waals surface area (Å²) in [6.45, 7) is 0.522. The number of rotatable bonds is 4. The van der Waals surface area contributed by atoms with E-state index in [1.165, 1.54) is 24.3 Å². The van der Waals surface area contributed by atoms with Gasteiger partial charge in [-0.25, -0.2) is 17.6 Å². The van der Waals surface area contributed by atoms with Gasteiger partial charge in [0.25, 0.3) is 0 Å². The van der Waals surface area contributed by atoms with E-state index in [9.17, 15) is 17.6 Å². The number of aryl methyl sites for hydroxylation is 1. The van der Waals surface area contributed by atoms with Gasteiger partial charge >= 0.3 is 0 Å². The Balaban J connectivity index is 1.48. The van der Waals surface area contributed by atoms with Crippen LogP contribution in [0.1, 0.15) is 34.2 Å². The third kappa shape index (κ3) is 5.90. The fraction of sp³-hybridized carbons (Fsp3) is 0.133. The van der Waals surface area contributed by atoms with Crippen LogP contribution in [-0.4, -0.2) is 13.7 Å². The number of benzene rings is 4. The Hall–Kier alpha value is -4.06. The van der Waals surface area contributed by atoms with E-state index in [1.807, 2.05) is 0 Å². The molecule has 0 saturated heterocycles. The van der Waals surface area contributed by atoms with Crippen LogP contribution in [0.15, 0.2) is 66.7 Å². The highest BCUT2D eigenvalue weighted by molar-refractivity contribution is 5.84. The first-order valence-corrected chi connectivity index (χ1v) is 10.9. The predicted molar refractivity (Wildman–Crippen MR) is 129 cm³/mol. The van der Waals surface area contributed by atoms with Gasteiger partial charge in [0.1, 0.15) is 11.6 Å². The molecule has 0 aromatic heterocycles. The molecule has 0 spiro atoms. The van der Waals surface area contributed by atoms with E-state index in [1.54, 1.807) is 43.5 Å². The Kier molecular flexibility index (Phi) is 7.51. The Morgan fingerprint density at radius 1 is 0.657 bits per heavy atom. The molecule has 4 aromatic rings. The number of halogens is 4. The Labute approximate surface area is 201 Å². The van der Waals surface area contributed by atoms with Crippen molar-refractivity contribution in [3.63, 3.8) is 0 Å². The maximum absolute atomic E-state index is 14.4. The minimum Gasteiger partial charge on any atom is -0.385 e. The van der Waals surface area contributed by atoms with Crippen LogP contribution >= 0.6 is 0 Å². The average molecular weight is 472 g/mol. The molecule has 5 heteroatoms. The normalized spacial score (nSPS) is 10.4. The first kappa shape index (κ1) is 24.1. The fourth-order valence-electron chi connectivity index (χ4n) is 3.57. The van der Waals surface area contributed by atoms with E-state index in [-0.39, 0.29) is 10.9 Å². The van der Waals surface area contributed by atoms with Crippen molar-refractivity contribution >= 4 is 10.8 Å². The maximum atomic E-state index is 14.4. The van der Waals surface area contributed by atoms with Crippen molar-refractivity contribution in [3.8, 4) is 23.7 Å². The molecule has 4 aromatic carbocycles. The van der Waals surface area contributed by atoms with E-state index >= 15 is 0 Å². The summed E-state index contributed by atoms with van der Waals surface area (Å²) in [5, 5.41) is 0.760. The van der Waals surface area contributed by atoms with Crippen LogP contribution in [0.3, 0.4) is 0 Å². The van der Waals surface area contributed by atoms with Crippen LogP contribution in [0.2, 0.25) is 0 Å². The third-order valence-corrected chi connectivity index (χ3v) is 5.39. The predicted octanol–water partition coefficient (Wildman–Crippen LogP) is 6.77. The molecule has 0 atom stereocenters. The molecular formula is C30H20F4O. The Bertz CT molecular complexity index is 1480. The van der Waals surface area contributed by atoms with Crippen molar-refractivity contribution in [3.05, 3.63) is 118 Å². The number of hydrogen-bond acceptors (Lipinski definition) is 1. The van der Waals surface area contributed by atoms with E-state index < -0.39 is 23.3 Å². The van der Waals surface area contributed by atoms with Crippen molar-refractivity contribution in [1.29, 1.82) is 0 Å². The number of methoxy groups -OCH3 is 1. The molecule has 0 aliphatic carbocycles. The molecule has 0 saturated carbocycles. The van der Waals surface area contributed by atoms with Gasteiger partial charge in [-0.2, -0.15) is 0 Å². The average Bonchev–Trinajstić information content (AvgIpc) is 2.85. The zero-order chi connectivity index (χ0) is 24.8. The molecule has 35 heavy (non-hydrogen) atoms. The maximum Gasteiger partial charge on any atom is 0.166 e. The zero-order valence-corrected chi connectivity index (χ0v) is 18.9. The van der Waals surface area contributed by atoms with Gasteiger partial charge in [-0.3, -0.25) is 0 Å². The summed E-state index contributed by atoms with van der Waals surface area (Å²) >= 11 is 0. The second-order valence-corrected chi connectivity index (χ2v) is 7.91. The highest BCUT2D eigenvalue weighted by atomic mass is 19.2. The fourth-order valence-corrected chi connectivity index (χ4v) is 3.57. The van der Waals surface area contributed by atoms with Crippen LogP contribution < -0.4 is 0 Å². The van der Waals surface area contributed by atoms with Crippen molar-refractivity contribution < 1.29 is 22.3 Å². The quantitative estimate of drug-likeness (QED) is 0.181. The summed E-state index contributed by atoms with van der Waals surface area (Å²) in [4.78, 5) is 0. The van der Waals surface area contributed by atoms with Gasteiger partial charge in [-0.05, 0) is 78.4 Å². The van der Waals surface area contributed by atoms with Crippen molar-refractivity contribution in [1.82, 2.24) is 0 Å². The van der Waals surface area contributed by atoms with E-state index in [0.29, 0.717) is 47.1 Å². The second kappa shape index (κ2) is 10.9. The van der Waals surface area contributed by atoms with Gasteiger partial charge < -0.3 is 4.74 Å². The monoisotopic (exact) mass is 472 g/mol. The van der Waals surface area contributed by atoms with Crippen LogP contribution in [0.4, 0.5) is 17.6 Å². The minimum atomic E-state index is -0.889. The molecule has 0 amide bonds. The molecular weight excluding hydrogens is 452 g/mol. The smallest absolute Gasteiger partial charge is 0.166 e. The van der Waals surface area contributed by atoms with Gasteiger partial charge in [0.2, 0.25) is 0 Å². The molecule has 0 aliphatic heterocycles. The Morgan fingerprint density at radius 2 is 1.26 bits per heavy atom.